The van der Waals surface area contributed by atoms with Crippen molar-refractivity contribution in [3.8, 4) is 0 Å². The number of aryl methyl sites for hydroxylation is 1. The smallest absolute Gasteiger partial charge is 0.305 e. The first kappa shape index (κ1) is 16.0. The van der Waals surface area contributed by atoms with Crippen LogP contribution in [0, 0.1) is 0 Å². The summed E-state index contributed by atoms with van der Waals surface area (Å²) in [5, 5.41) is 22.2. The summed E-state index contributed by atoms with van der Waals surface area (Å²) in [5.41, 5.74) is 0. The number of amides is 1. The zero-order valence-electron chi connectivity index (χ0n) is 11.7. The minimum atomic E-state index is -0.946. The van der Waals surface area contributed by atoms with Gasteiger partial charge in [-0.1, -0.05) is 0 Å². The fourth-order valence-corrected chi connectivity index (χ4v) is 1.58. The van der Waals surface area contributed by atoms with Crippen LogP contribution in [-0.2, 0) is 22.6 Å². The van der Waals surface area contributed by atoms with Crippen molar-refractivity contribution in [3.05, 3.63) is 5.82 Å². The Bertz CT molecular complexity index is 445. The van der Waals surface area contributed by atoms with Crippen LogP contribution in [0.5, 0.6) is 0 Å². The maximum absolute atomic E-state index is 11.6. The van der Waals surface area contributed by atoms with Gasteiger partial charge >= 0.3 is 5.97 Å². The number of hydrogen-bond acceptors (Lipinski definition) is 6. The first-order valence-corrected chi connectivity index (χ1v) is 6.37. The summed E-state index contributed by atoms with van der Waals surface area (Å²) in [6, 6.07) is 0. The van der Waals surface area contributed by atoms with Crippen molar-refractivity contribution < 1.29 is 14.7 Å². The maximum Gasteiger partial charge on any atom is 0.305 e. The summed E-state index contributed by atoms with van der Waals surface area (Å²) in [5.74, 6) is -0.745. The summed E-state index contributed by atoms with van der Waals surface area (Å²) in [6.07, 6.45) is 0.833. The van der Waals surface area contributed by atoms with Crippen LogP contribution in [-0.4, -0.2) is 69.3 Å². The summed E-state index contributed by atoms with van der Waals surface area (Å²) >= 11 is 0. The SMILES string of the molecule is CN(C)CCCn1nnnc1CC(=O)NCCC(=O)O. The largest absolute Gasteiger partial charge is 0.481 e. The summed E-state index contributed by atoms with van der Waals surface area (Å²) in [7, 11) is 3.97. The number of rotatable bonds is 9. The van der Waals surface area contributed by atoms with E-state index in [1.165, 1.54) is 0 Å². The van der Waals surface area contributed by atoms with Gasteiger partial charge in [-0.2, -0.15) is 0 Å². The molecule has 0 saturated heterocycles. The zero-order valence-corrected chi connectivity index (χ0v) is 11.7. The van der Waals surface area contributed by atoms with Gasteiger partial charge in [0.05, 0.1) is 12.8 Å². The Balaban J connectivity index is 2.37. The van der Waals surface area contributed by atoms with Gasteiger partial charge in [-0.25, -0.2) is 4.68 Å². The van der Waals surface area contributed by atoms with Crippen molar-refractivity contribution >= 4 is 11.9 Å². The molecule has 9 heteroatoms. The number of carbonyl (C=O) groups is 2. The number of tetrazole rings is 1. The van der Waals surface area contributed by atoms with Crippen molar-refractivity contribution in [2.24, 2.45) is 0 Å². The predicted octanol–water partition coefficient (Wildman–Crippen LogP) is -1.24. The molecule has 0 fully saturated rings. The molecule has 0 aliphatic carbocycles. The number of carboxylic acids is 1. The van der Waals surface area contributed by atoms with Crippen LogP contribution in [0.15, 0.2) is 0 Å². The summed E-state index contributed by atoms with van der Waals surface area (Å²) in [4.78, 5) is 24.0. The molecule has 0 aliphatic rings. The Labute approximate surface area is 116 Å². The second-order valence-electron chi connectivity index (χ2n) is 4.65. The fraction of sp³-hybridized carbons (Fsp3) is 0.727. The molecule has 0 saturated carbocycles. The number of aromatic nitrogens is 4. The monoisotopic (exact) mass is 284 g/mol. The van der Waals surface area contributed by atoms with Crippen LogP contribution >= 0.6 is 0 Å². The second-order valence-corrected chi connectivity index (χ2v) is 4.65. The van der Waals surface area contributed by atoms with E-state index in [4.69, 9.17) is 5.11 Å². The summed E-state index contributed by atoms with van der Waals surface area (Å²) < 4.78 is 1.60. The van der Waals surface area contributed by atoms with Crippen molar-refractivity contribution in [1.82, 2.24) is 30.4 Å². The van der Waals surface area contributed by atoms with Gasteiger partial charge in [0.1, 0.15) is 0 Å². The number of aliphatic carboxylic acids is 1. The van der Waals surface area contributed by atoms with E-state index < -0.39 is 5.97 Å². The maximum atomic E-state index is 11.6. The molecule has 112 valence electrons. The second kappa shape index (κ2) is 8.20. The highest BCUT2D eigenvalue weighted by atomic mass is 16.4. The minimum Gasteiger partial charge on any atom is -0.481 e. The molecule has 0 bridgehead atoms. The molecule has 0 aromatic carbocycles. The van der Waals surface area contributed by atoms with Crippen LogP contribution in [0.1, 0.15) is 18.7 Å². The molecule has 20 heavy (non-hydrogen) atoms. The topological polar surface area (TPSA) is 113 Å². The van der Waals surface area contributed by atoms with E-state index in [9.17, 15) is 9.59 Å². The molecule has 0 aliphatic heterocycles. The molecule has 2 N–H and O–H groups in total. The van der Waals surface area contributed by atoms with Crippen molar-refractivity contribution in [2.45, 2.75) is 25.8 Å². The van der Waals surface area contributed by atoms with Crippen molar-refractivity contribution in [3.63, 3.8) is 0 Å². The molecule has 0 radical (unpaired) electrons. The number of nitrogens with zero attached hydrogens (tertiary/aromatic N) is 5. The predicted molar refractivity (Wildman–Crippen MR) is 70.0 cm³/mol. The van der Waals surface area contributed by atoms with E-state index in [0.717, 1.165) is 13.0 Å². The van der Waals surface area contributed by atoms with Gasteiger partial charge in [0.25, 0.3) is 0 Å². The molecule has 1 heterocycles. The van der Waals surface area contributed by atoms with Gasteiger partial charge < -0.3 is 15.3 Å². The van der Waals surface area contributed by atoms with E-state index in [1.54, 1.807) is 4.68 Å². The quantitative estimate of drug-likeness (QED) is 0.583. The highest BCUT2D eigenvalue weighted by molar-refractivity contribution is 5.78. The van der Waals surface area contributed by atoms with Crippen molar-refractivity contribution in [1.29, 1.82) is 0 Å². The van der Waals surface area contributed by atoms with E-state index in [0.29, 0.717) is 12.4 Å². The molecular formula is C11H20N6O3. The van der Waals surface area contributed by atoms with Crippen LogP contribution in [0.2, 0.25) is 0 Å². The lowest BCUT2D eigenvalue weighted by molar-refractivity contribution is -0.136. The first-order chi connectivity index (χ1) is 9.49. The lowest BCUT2D eigenvalue weighted by Crippen LogP contribution is -2.28. The van der Waals surface area contributed by atoms with Crippen LogP contribution < -0.4 is 5.32 Å². The molecule has 1 aromatic heterocycles. The van der Waals surface area contributed by atoms with Gasteiger partial charge in [-0.15, -0.1) is 5.10 Å². The first-order valence-electron chi connectivity index (χ1n) is 6.37. The third-order valence-electron chi connectivity index (χ3n) is 2.56. The lowest BCUT2D eigenvalue weighted by Gasteiger charge is -2.09. The molecule has 0 unspecified atom stereocenters. The van der Waals surface area contributed by atoms with Crippen LogP contribution in [0.25, 0.3) is 0 Å². The number of hydrogen-bond donors (Lipinski definition) is 2. The Hall–Kier alpha value is -2.03. The molecule has 9 nitrogen and oxygen atoms in total. The van der Waals surface area contributed by atoms with Crippen molar-refractivity contribution in [2.75, 3.05) is 27.2 Å². The lowest BCUT2D eigenvalue weighted by atomic mass is 10.3. The average Bonchev–Trinajstić information content (AvgIpc) is 2.75. The number of carbonyl (C=O) groups excluding carboxylic acids is 1. The van der Waals surface area contributed by atoms with Crippen LogP contribution in [0.3, 0.4) is 0 Å². The standard InChI is InChI=1S/C11H20N6O3/c1-16(2)6-3-7-17-9(13-14-15-17)8-10(18)12-5-4-11(19)20/h3-8H2,1-2H3,(H,12,18)(H,19,20). The van der Waals surface area contributed by atoms with Gasteiger partial charge in [0, 0.05) is 13.1 Å². The summed E-state index contributed by atoms with van der Waals surface area (Å²) in [6.45, 7) is 1.66. The molecule has 1 amide bonds. The Morgan fingerprint density at radius 2 is 2.15 bits per heavy atom. The molecule has 1 rings (SSSR count). The number of nitrogens with one attached hydrogen (secondary N) is 1. The third kappa shape index (κ3) is 6.23. The molecule has 0 spiro atoms. The van der Waals surface area contributed by atoms with Gasteiger partial charge in [0.15, 0.2) is 5.82 Å². The fourth-order valence-electron chi connectivity index (χ4n) is 1.58. The third-order valence-corrected chi connectivity index (χ3v) is 2.56. The average molecular weight is 284 g/mol. The zero-order chi connectivity index (χ0) is 15.0. The van der Waals surface area contributed by atoms with Gasteiger partial charge in [-0.05, 0) is 37.5 Å². The van der Waals surface area contributed by atoms with E-state index >= 15 is 0 Å². The van der Waals surface area contributed by atoms with E-state index in [-0.39, 0.29) is 25.3 Å². The normalized spacial score (nSPS) is 10.8. The number of carboxylic acid groups (broad SMARTS) is 1. The van der Waals surface area contributed by atoms with E-state index in [1.807, 2.05) is 14.1 Å². The minimum absolute atomic E-state index is 0.0502. The highest BCUT2D eigenvalue weighted by Crippen LogP contribution is 1.97. The van der Waals surface area contributed by atoms with Crippen LogP contribution in [0.4, 0.5) is 0 Å². The Kier molecular flexibility index (Phi) is 6.57. The van der Waals surface area contributed by atoms with Gasteiger partial charge in [-0.3, -0.25) is 9.59 Å². The highest BCUT2D eigenvalue weighted by Gasteiger charge is 2.11. The molecule has 0 atom stereocenters. The Morgan fingerprint density at radius 1 is 1.40 bits per heavy atom. The molecule has 1 aromatic rings. The Morgan fingerprint density at radius 3 is 2.80 bits per heavy atom. The van der Waals surface area contributed by atoms with Gasteiger partial charge in [0.2, 0.25) is 5.91 Å². The molecular weight excluding hydrogens is 264 g/mol. The van der Waals surface area contributed by atoms with E-state index in [2.05, 4.69) is 25.7 Å².